The van der Waals surface area contributed by atoms with Crippen LogP contribution in [0.15, 0.2) is 22.7 Å². The molecule has 0 unspecified atom stereocenters. The maximum absolute atomic E-state index is 11.6. The van der Waals surface area contributed by atoms with Crippen LogP contribution < -0.4 is 10.2 Å². The molecule has 5 nitrogen and oxygen atoms in total. The lowest BCUT2D eigenvalue weighted by molar-refractivity contribution is -0.122. The van der Waals surface area contributed by atoms with Crippen molar-refractivity contribution in [3.8, 4) is 6.07 Å². The SMILES string of the molecule is CCNC(=O)CN1CCN(c2ccc(C#N)cc2Br)CC1. The topological polar surface area (TPSA) is 59.4 Å². The van der Waals surface area contributed by atoms with E-state index >= 15 is 0 Å². The third-order valence-electron chi connectivity index (χ3n) is 3.53. The van der Waals surface area contributed by atoms with Gasteiger partial charge in [-0.1, -0.05) is 0 Å². The Morgan fingerprint density at radius 1 is 1.38 bits per heavy atom. The van der Waals surface area contributed by atoms with Crippen LogP contribution in [0.4, 0.5) is 5.69 Å². The summed E-state index contributed by atoms with van der Waals surface area (Å²) in [6.07, 6.45) is 0. The number of rotatable bonds is 4. The van der Waals surface area contributed by atoms with Gasteiger partial charge in [0.1, 0.15) is 0 Å². The molecule has 0 aliphatic carbocycles. The standard InChI is InChI=1S/C15H19BrN4O/c1-2-18-15(21)11-19-5-7-20(8-6-19)14-4-3-12(10-17)9-13(14)16/h3-4,9H,2,5-8,11H2,1H3,(H,18,21). The second-order valence-corrected chi connectivity index (χ2v) is 5.85. The van der Waals surface area contributed by atoms with Crippen molar-refractivity contribution in [1.82, 2.24) is 10.2 Å². The maximum atomic E-state index is 11.6. The number of hydrogen-bond acceptors (Lipinski definition) is 4. The van der Waals surface area contributed by atoms with Crippen molar-refractivity contribution in [3.05, 3.63) is 28.2 Å². The molecule has 21 heavy (non-hydrogen) atoms. The molecule has 1 fully saturated rings. The van der Waals surface area contributed by atoms with Crippen LogP contribution in [0.2, 0.25) is 0 Å². The number of likely N-dealkylation sites (N-methyl/N-ethyl adjacent to an activating group) is 1. The summed E-state index contributed by atoms with van der Waals surface area (Å²) < 4.78 is 0.943. The average molecular weight is 351 g/mol. The fraction of sp³-hybridized carbons (Fsp3) is 0.467. The van der Waals surface area contributed by atoms with Gasteiger partial charge in [0.05, 0.1) is 23.9 Å². The van der Waals surface area contributed by atoms with Crippen molar-refractivity contribution in [2.75, 3.05) is 44.2 Å². The molecule has 1 aromatic carbocycles. The molecule has 6 heteroatoms. The summed E-state index contributed by atoms with van der Waals surface area (Å²) >= 11 is 3.53. The lowest BCUT2D eigenvalue weighted by atomic mass is 10.2. The maximum Gasteiger partial charge on any atom is 0.234 e. The highest BCUT2D eigenvalue weighted by Gasteiger charge is 2.20. The zero-order valence-electron chi connectivity index (χ0n) is 12.1. The minimum absolute atomic E-state index is 0.0884. The first-order valence-corrected chi connectivity index (χ1v) is 7.87. The van der Waals surface area contributed by atoms with Crippen LogP contribution >= 0.6 is 15.9 Å². The monoisotopic (exact) mass is 350 g/mol. The van der Waals surface area contributed by atoms with Crippen molar-refractivity contribution >= 4 is 27.5 Å². The first-order chi connectivity index (χ1) is 10.1. The third-order valence-corrected chi connectivity index (χ3v) is 4.17. The molecule has 1 heterocycles. The van der Waals surface area contributed by atoms with Gasteiger partial charge in [0.25, 0.3) is 0 Å². The largest absolute Gasteiger partial charge is 0.368 e. The molecule has 1 aromatic rings. The van der Waals surface area contributed by atoms with Gasteiger partial charge in [0.15, 0.2) is 0 Å². The van der Waals surface area contributed by atoms with Crippen LogP contribution in [0.3, 0.4) is 0 Å². The molecular weight excluding hydrogens is 332 g/mol. The molecule has 112 valence electrons. The minimum Gasteiger partial charge on any atom is -0.368 e. The molecule has 2 rings (SSSR count). The molecule has 0 radical (unpaired) electrons. The zero-order chi connectivity index (χ0) is 15.2. The molecule has 1 aliphatic rings. The number of amides is 1. The molecule has 1 N–H and O–H groups in total. The van der Waals surface area contributed by atoms with E-state index in [2.05, 4.69) is 37.1 Å². The molecule has 0 saturated carbocycles. The number of benzene rings is 1. The predicted octanol–water partition coefficient (Wildman–Crippen LogP) is 1.58. The number of nitrogens with one attached hydrogen (secondary N) is 1. The van der Waals surface area contributed by atoms with E-state index < -0.39 is 0 Å². The van der Waals surface area contributed by atoms with Gasteiger partial charge in [0.2, 0.25) is 5.91 Å². The number of anilines is 1. The van der Waals surface area contributed by atoms with Gasteiger partial charge >= 0.3 is 0 Å². The Labute approximate surface area is 133 Å². The summed E-state index contributed by atoms with van der Waals surface area (Å²) in [7, 11) is 0. The molecule has 0 spiro atoms. The highest BCUT2D eigenvalue weighted by Crippen LogP contribution is 2.28. The summed E-state index contributed by atoms with van der Waals surface area (Å²) in [5.41, 5.74) is 1.76. The quantitative estimate of drug-likeness (QED) is 0.895. The van der Waals surface area contributed by atoms with Gasteiger partial charge in [-0.25, -0.2) is 0 Å². The van der Waals surface area contributed by atoms with E-state index in [9.17, 15) is 4.79 Å². The van der Waals surface area contributed by atoms with Crippen molar-refractivity contribution < 1.29 is 4.79 Å². The number of nitrogens with zero attached hydrogens (tertiary/aromatic N) is 3. The second-order valence-electron chi connectivity index (χ2n) is 4.99. The lowest BCUT2D eigenvalue weighted by Gasteiger charge is -2.36. The van der Waals surface area contributed by atoms with Gasteiger partial charge in [-0.2, -0.15) is 5.26 Å². The van der Waals surface area contributed by atoms with Gasteiger partial charge in [-0.3, -0.25) is 9.69 Å². The van der Waals surface area contributed by atoms with E-state index in [1.807, 2.05) is 25.1 Å². The molecule has 1 amide bonds. The Balaban J connectivity index is 1.92. The van der Waals surface area contributed by atoms with E-state index in [0.717, 1.165) is 36.3 Å². The van der Waals surface area contributed by atoms with Crippen LogP contribution in [0, 0.1) is 11.3 Å². The van der Waals surface area contributed by atoms with E-state index in [4.69, 9.17) is 5.26 Å². The second kappa shape index (κ2) is 7.43. The average Bonchev–Trinajstić information content (AvgIpc) is 2.48. The lowest BCUT2D eigenvalue weighted by Crippen LogP contribution is -2.49. The Bertz CT molecular complexity index is 547. The van der Waals surface area contributed by atoms with E-state index in [1.165, 1.54) is 0 Å². The van der Waals surface area contributed by atoms with Gasteiger partial charge in [-0.05, 0) is 41.1 Å². The van der Waals surface area contributed by atoms with Crippen LogP contribution in [0.5, 0.6) is 0 Å². The summed E-state index contributed by atoms with van der Waals surface area (Å²) in [5.74, 6) is 0.0884. The summed E-state index contributed by atoms with van der Waals surface area (Å²) in [6.45, 7) is 6.56. The van der Waals surface area contributed by atoms with Gasteiger partial charge < -0.3 is 10.2 Å². The Morgan fingerprint density at radius 3 is 2.67 bits per heavy atom. The number of piperazine rings is 1. The van der Waals surface area contributed by atoms with Crippen molar-refractivity contribution in [1.29, 1.82) is 5.26 Å². The zero-order valence-corrected chi connectivity index (χ0v) is 13.7. The summed E-state index contributed by atoms with van der Waals surface area (Å²) in [6, 6.07) is 7.79. The molecule has 0 aromatic heterocycles. The Morgan fingerprint density at radius 2 is 2.10 bits per heavy atom. The molecule has 1 saturated heterocycles. The fourth-order valence-electron chi connectivity index (χ4n) is 2.44. The normalized spacial score (nSPS) is 15.6. The van der Waals surface area contributed by atoms with Crippen LogP contribution in [-0.2, 0) is 4.79 Å². The number of hydrogen-bond donors (Lipinski definition) is 1. The van der Waals surface area contributed by atoms with Crippen LogP contribution in [-0.4, -0.2) is 50.1 Å². The smallest absolute Gasteiger partial charge is 0.234 e. The Kier molecular flexibility index (Phi) is 5.59. The third kappa shape index (κ3) is 4.19. The van der Waals surface area contributed by atoms with Gasteiger partial charge in [-0.15, -0.1) is 0 Å². The Hall–Kier alpha value is -1.58. The number of carbonyl (C=O) groups is 1. The van der Waals surface area contributed by atoms with Crippen LogP contribution in [0.1, 0.15) is 12.5 Å². The van der Waals surface area contributed by atoms with Gasteiger partial charge in [0, 0.05) is 37.2 Å². The first-order valence-electron chi connectivity index (χ1n) is 7.07. The van der Waals surface area contributed by atoms with E-state index in [-0.39, 0.29) is 5.91 Å². The van der Waals surface area contributed by atoms with Crippen molar-refractivity contribution in [3.63, 3.8) is 0 Å². The minimum atomic E-state index is 0.0884. The number of carbonyl (C=O) groups excluding carboxylic acids is 1. The molecule has 0 bridgehead atoms. The predicted molar refractivity (Wildman–Crippen MR) is 86.2 cm³/mol. The molecule has 0 atom stereocenters. The van der Waals surface area contributed by atoms with E-state index in [0.29, 0.717) is 18.7 Å². The van der Waals surface area contributed by atoms with Crippen molar-refractivity contribution in [2.24, 2.45) is 0 Å². The summed E-state index contributed by atoms with van der Waals surface area (Å²) in [5, 5.41) is 11.7. The molecule has 1 aliphatic heterocycles. The first kappa shape index (κ1) is 15.8. The highest BCUT2D eigenvalue weighted by molar-refractivity contribution is 9.10. The molecular formula is C15H19BrN4O. The highest BCUT2D eigenvalue weighted by atomic mass is 79.9. The summed E-state index contributed by atoms with van der Waals surface area (Å²) in [4.78, 5) is 16.0. The van der Waals surface area contributed by atoms with Crippen molar-refractivity contribution in [2.45, 2.75) is 6.92 Å². The number of nitriles is 1. The fourth-order valence-corrected chi connectivity index (χ4v) is 3.07. The number of halogens is 1. The van der Waals surface area contributed by atoms with E-state index in [1.54, 1.807) is 0 Å². The van der Waals surface area contributed by atoms with Crippen LogP contribution in [0.25, 0.3) is 0 Å².